The minimum Gasteiger partial charge on any atom is -0.343 e. The fourth-order valence-corrected chi connectivity index (χ4v) is 3.38. The first kappa shape index (κ1) is 17.9. The highest BCUT2D eigenvalue weighted by molar-refractivity contribution is 5.98. The van der Waals surface area contributed by atoms with Gasteiger partial charge in [-0.3, -0.25) is 9.59 Å². The highest BCUT2D eigenvalue weighted by atomic mass is 16.2. The number of hydrogen-bond acceptors (Lipinski definition) is 3. The van der Waals surface area contributed by atoms with Gasteiger partial charge in [-0.25, -0.2) is 0 Å². The van der Waals surface area contributed by atoms with Crippen LogP contribution in [-0.2, 0) is 11.2 Å². The van der Waals surface area contributed by atoms with Crippen molar-refractivity contribution in [2.45, 2.75) is 25.7 Å². The van der Waals surface area contributed by atoms with E-state index in [1.165, 1.54) is 0 Å². The van der Waals surface area contributed by atoms with Crippen LogP contribution in [0.5, 0.6) is 0 Å². The van der Waals surface area contributed by atoms with Crippen molar-refractivity contribution >= 4 is 11.7 Å². The molecule has 2 aromatic rings. The minimum absolute atomic E-state index is 0.0139. The van der Waals surface area contributed by atoms with Gasteiger partial charge in [-0.15, -0.1) is 0 Å². The molecule has 4 heteroatoms. The molecule has 0 N–H and O–H groups in total. The third-order valence-electron chi connectivity index (χ3n) is 4.99. The first-order valence-corrected chi connectivity index (χ1v) is 9.03. The summed E-state index contributed by atoms with van der Waals surface area (Å²) in [5.74, 6) is 0.343. The largest absolute Gasteiger partial charge is 0.343 e. The van der Waals surface area contributed by atoms with Crippen molar-refractivity contribution in [1.82, 2.24) is 4.90 Å². The average Bonchev–Trinajstić information content (AvgIpc) is 2.72. The number of piperidine rings is 1. The number of amides is 1. The lowest BCUT2D eigenvalue weighted by Gasteiger charge is -2.31. The third kappa shape index (κ3) is 4.37. The average molecular weight is 346 g/mol. The molecular formula is C22H22N2O2. The van der Waals surface area contributed by atoms with Crippen molar-refractivity contribution in [1.29, 1.82) is 5.26 Å². The number of aryl methyl sites for hydroxylation is 1. The van der Waals surface area contributed by atoms with Gasteiger partial charge in [0.25, 0.3) is 0 Å². The van der Waals surface area contributed by atoms with Gasteiger partial charge in [0.15, 0.2) is 5.78 Å². The SMILES string of the molecule is N#Cc1ccc(CCC(=O)N2CCC(C(=O)c3ccccc3)CC2)cc1. The van der Waals surface area contributed by atoms with Crippen LogP contribution in [0, 0.1) is 17.2 Å². The quantitative estimate of drug-likeness (QED) is 0.777. The van der Waals surface area contributed by atoms with Gasteiger partial charge in [-0.1, -0.05) is 42.5 Å². The number of Topliss-reactive ketones (excluding diaryl/α,β-unsaturated/α-hetero) is 1. The summed E-state index contributed by atoms with van der Waals surface area (Å²) >= 11 is 0. The lowest BCUT2D eigenvalue weighted by Crippen LogP contribution is -2.40. The van der Waals surface area contributed by atoms with E-state index >= 15 is 0 Å². The van der Waals surface area contributed by atoms with Crippen molar-refractivity contribution in [3.63, 3.8) is 0 Å². The van der Waals surface area contributed by atoms with Gasteiger partial charge >= 0.3 is 0 Å². The molecule has 1 amide bonds. The second kappa shape index (κ2) is 8.44. The Kier molecular flexibility index (Phi) is 5.80. The van der Waals surface area contributed by atoms with Crippen LogP contribution in [0.4, 0.5) is 0 Å². The van der Waals surface area contributed by atoms with E-state index in [0.717, 1.165) is 24.0 Å². The zero-order valence-corrected chi connectivity index (χ0v) is 14.7. The maximum atomic E-state index is 12.5. The van der Waals surface area contributed by atoms with Crippen molar-refractivity contribution < 1.29 is 9.59 Å². The summed E-state index contributed by atoms with van der Waals surface area (Å²) in [4.78, 5) is 26.8. The Hall–Kier alpha value is -2.93. The van der Waals surface area contributed by atoms with Crippen molar-refractivity contribution in [3.8, 4) is 6.07 Å². The number of ketones is 1. The van der Waals surface area contributed by atoms with Gasteiger partial charge in [0.05, 0.1) is 11.6 Å². The lowest BCUT2D eigenvalue weighted by molar-refractivity contribution is -0.132. The zero-order chi connectivity index (χ0) is 18.4. The molecule has 0 saturated carbocycles. The number of carbonyl (C=O) groups excluding carboxylic acids is 2. The summed E-state index contributed by atoms with van der Waals surface area (Å²) in [6.45, 7) is 1.30. The molecule has 1 heterocycles. The smallest absolute Gasteiger partial charge is 0.222 e. The topological polar surface area (TPSA) is 61.2 Å². The van der Waals surface area contributed by atoms with E-state index < -0.39 is 0 Å². The van der Waals surface area contributed by atoms with E-state index in [1.54, 1.807) is 12.1 Å². The summed E-state index contributed by atoms with van der Waals surface area (Å²) in [6.07, 6.45) is 2.60. The Balaban J connectivity index is 1.47. The van der Waals surface area contributed by atoms with E-state index in [1.807, 2.05) is 47.4 Å². The van der Waals surface area contributed by atoms with Crippen LogP contribution in [0.15, 0.2) is 54.6 Å². The Morgan fingerprint density at radius 1 is 1.00 bits per heavy atom. The monoisotopic (exact) mass is 346 g/mol. The third-order valence-corrected chi connectivity index (χ3v) is 4.99. The number of hydrogen-bond donors (Lipinski definition) is 0. The standard InChI is InChI=1S/C22H22N2O2/c23-16-18-8-6-17(7-9-18)10-11-21(25)24-14-12-20(13-15-24)22(26)19-4-2-1-3-5-19/h1-9,20H,10-15H2. The molecular weight excluding hydrogens is 324 g/mol. The molecule has 0 aromatic heterocycles. The van der Waals surface area contributed by atoms with E-state index in [0.29, 0.717) is 31.5 Å². The second-order valence-electron chi connectivity index (χ2n) is 6.69. The number of nitrogens with zero attached hydrogens (tertiary/aromatic N) is 2. The number of rotatable bonds is 5. The number of nitriles is 1. The Labute approximate surface area is 154 Å². The number of likely N-dealkylation sites (tertiary alicyclic amines) is 1. The Morgan fingerprint density at radius 2 is 1.65 bits per heavy atom. The van der Waals surface area contributed by atoms with Crippen LogP contribution >= 0.6 is 0 Å². The fourth-order valence-electron chi connectivity index (χ4n) is 3.38. The minimum atomic E-state index is 0.0139. The van der Waals surface area contributed by atoms with E-state index in [9.17, 15) is 9.59 Å². The molecule has 0 spiro atoms. The first-order valence-electron chi connectivity index (χ1n) is 9.03. The summed E-state index contributed by atoms with van der Waals surface area (Å²) in [5, 5.41) is 8.82. The van der Waals surface area contributed by atoms with Crippen molar-refractivity contribution in [2.24, 2.45) is 5.92 Å². The summed E-state index contributed by atoms with van der Waals surface area (Å²) < 4.78 is 0. The van der Waals surface area contributed by atoms with E-state index in [2.05, 4.69) is 6.07 Å². The van der Waals surface area contributed by atoms with Crippen LogP contribution in [0.1, 0.15) is 40.7 Å². The predicted octanol–water partition coefficient (Wildman–Crippen LogP) is 3.61. The maximum absolute atomic E-state index is 12.5. The molecule has 1 aliphatic rings. The van der Waals surface area contributed by atoms with Gasteiger partial charge < -0.3 is 4.90 Å². The Bertz CT molecular complexity index is 798. The number of benzene rings is 2. The summed E-state index contributed by atoms with van der Waals surface area (Å²) in [7, 11) is 0. The van der Waals surface area contributed by atoms with Crippen LogP contribution < -0.4 is 0 Å². The van der Waals surface area contributed by atoms with E-state index in [4.69, 9.17) is 5.26 Å². The molecule has 3 rings (SSSR count). The van der Waals surface area contributed by atoms with Crippen LogP contribution in [-0.4, -0.2) is 29.7 Å². The van der Waals surface area contributed by atoms with Gasteiger partial charge in [0.2, 0.25) is 5.91 Å². The molecule has 2 aromatic carbocycles. The maximum Gasteiger partial charge on any atom is 0.222 e. The van der Waals surface area contributed by atoms with E-state index in [-0.39, 0.29) is 17.6 Å². The molecule has 4 nitrogen and oxygen atoms in total. The van der Waals surface area contributed by atoms with Crippen molar-refractivity contribution in [2.75, 3.05) is 13.1 Å². The molecule has 0 radical (unpaired) electrons. The molecule has 26 heavy (non-hydrogen) atoms. The predicted molar refractivity (Wildman–Crippen MR) is 99.6 cm³/mol. The normalized spacial score (nSPS) is 14.7. The van der Waals surface area contributed by atoms with Gasteiger partial charge in [0, 0.05) is 31.0 Å². The molecule has 132 valence electrons. The van der Waals surface area contributed by atoms with Gasteiger partial charge in [-0.05, 0) is 37.0 Å². The summed E-state index contributed by atoms with van der Waals surface area (Å²) in [5.41, 5.74) is 2.45. The highest BCUT2D eigenvalue weighted by Gasteiger charge is 2.27. The van der Waals surface area contributed by atoms with Gasteiger partial charge in [0.1, 0.15) is 0 Å². The first-order chi connectivity index (χ1) is 12.7. The van der Waals surface area contributed by atoms with Crippen LogP contribution in [0.3, 0.4) is 0 Å². The molecule has 0 aliphatic carbocycles. The molecule has 1 fully saturated rings. The Morgan fingerprint density at radius 3 is 2.27 bits per heavy atom. The second-order valence-corrected chi connectivity index (χ2v) is 6.69. The van der Waals surface area contributed by atoms with Crippen molar-refractivity contribution in [3.05, 3.63) is 71.3 Å². The molecule has 0 bridgehead atoms. The fraction of sp³-hybridized carbons (Fsp3) is 0.318. The lowest BCUT2D eigenvalue weighted by atomic mass is 9.89. The van der Waals surface area contributed by atoms with Gasteiger partial charge in [-0.2, -0.15) is 5.26 Å². The molecule has 1 aliphatic heterocycles. The molecule has 0 atom stereocenters. The summed E-state index contributed by atoms with van der Waals surface area (Å²) in [6, 6.07) is 18.8. The highest BCUT2D eigenvalue weighted by Crippen LogP contribution is 2.22. The van der Waals surface area contributed by atoms with Crippen LogP contribution in [0.25, 0.3) is 0 Å². The molecule has 0 unspecified atom stereocenters. The van der Waals surface area contributed by atoms with Crippen LogP contribution in [0.2, 0.25) is 0 Å². The molecule has 1 saturated heterocycles. The number of carbonyl (C=O) groups is 2. The zero-order valence-electron chi connectivity index (χ0n) is 14.7.